The van der Waals surface area contributed by atoms with Crippen LogP contribution in [0.3, 0.4) is 0 Å². The number of carbonyl (C=O) groups excluding carboxylic acids is 3. The molecular formula is C34H37N5O4. The van der Waals surface area contributed by atoms with E-state index in [1.54, 1.807) is 16.0 Å². The van der Waals surface area contributed by atoms with Crippen LogP contribution < -0.4 is 10.1 Å². The van der Waals surface area contributed by atoms with Crippen molar-refractivity contribution in [1.29, 1.82) is 0 Å². The molecule has 2 fully saturated rings. The predicted molar refractivity (Wildman–Crippen MR) is 163 cm³/mol. The largest absolute Gasteiger partial charge is 0.492 e. The molecule has 43 heavy (non-hydrogen) atoms. The third kappa shape index (κ3) is 5.72. The lowest BCUT2D eigenvalue weighted by Crippen LogP contribution is -2.66. The Morgan fingerprint density at radius 2 is 1.74 bits per heavy atom. The minimum atomic E-state index is -0.701. The monoisotopic (exact) mass is 579 g/mol. The molecule has 222 valence electrons. The molecule has 0 saturated carbocycles. The molecule has 3 aliphatic heterocycles. The molecule has 0 spiro atoms. The number of nitrogens with one attached hydrogen (secondary N) is 1. The van der Waals surface area contributed by atoms with Crippen molar-refractivity contribution in [3.63, 3.8) is 0 Å². The maximum atomic E-state index is 14.1. The van der Waals surface area contributed by atoms with Gasteiger partial charge in [-0.2, -0.15) is 5.01 Å². The van der Waals surface area contributed by atoms with Gasteiger partial charge in [-0.25, -0.2) is 4.79 Å². The normalized spacial score (nSPS) is 21.3. The number of hydrogen-bond donors (Lipinski definition) is 1. The van der Waals surface area contributed by atoms with E-state index in [0.717, 1.165) is 28.0 Å². The molecular weight excluding hydrogens is 542 g/mol. The van der Waals surface area contributed by atoms with E-state index in [2.05, 4.69) is 24.9 Å². The van der Waals surface area contributed by atoms with E-state index in [-0.39, 0.29) is 43.4 Å². The third-order valence-corrected chi connectivity index (χ3v) is 8.47. The number of fused-ring (bicyclic) bond motifs is 2. The van der Waals surface area contributed by atoms with E-state index in [1.165, 1.54) is 5.01 Å². The zero-order valence-electron chi connectivity index (χ0n) is 24.4. The van der Waals surface area contributed by atoms with Crippen molar-refractivity contribution >= 4 is 17.8 Å². The lowest BCUT2D eigenvalue weighted by atomic mass is 9.98. The summed E-state index contributed by atoms with van der Waals surface area (Å²) in [5.41, 5.74) is 4.03. The fourth-order valence-electron chi connectivity index (χ4n) is 6.32. The Bertz CT molecular complexity index is 1500. The number of para-hydroxylation sites is 1. The lowest BCUT2D eigenvalue weighted by molar-refractivity contribution is -0.157. The van der Waals surface area contributed by atoms with Gasteiger partial charge in [-0.15, -0.1) is 6.58 Å². The number of benzene rings is 3. The van der Waals surface area contributed by atoms with E-state index in [4.69, 9.17) is 4.74 Å². The van der Waals surface area contributed by atoms with E-state index in [0.29, 0.717) is 26.1 Å². The van der Waals surface area contributed by atoms with Crippen LogP contribution in [0, 0.1) is 0 Å². The number of urea groups is 1. The molecule has 3 heterocycles. The van der Waals surface area contributed by atoms with Gasteiger partial charge < -0.3 is 19.9 Å². The van der Waals surface area contributed by atoms with Crippen molar-refractivity contribution in [3.05, 3.63) is 114 Å². The molecule has 6 rings (SSSR count). The molecule has 9 nitrogen and oxygen atoms in total. The minimum Gasteiger partial charge on any atom is -0.492 e. The Hall–Kier alpha value is -4.63. The molecule has 0 radical (unpaired) electrons. The number of nitrogens with zero attached hydrogens (tertiary/aromatic N) is 4. The molecule has 3 atom stereocenters. The summed E-state index contributed by atoms with van der Waals surface area (Å²) in [4.78, 5) is 44.8. The Balaban J connectivity index is 1.30. The van der Waals surface area contributed by atoms with Crippen molar-refractivity contribution in [1.82, 2.24) is 25.1 Å². The Labute approximate surface area is 252 Å². The van der Waals surface area contributed by atoms with Crippen molar-refractivity contribution in [3.8, 4) is 5.75 Å². The molecule has 1 N–H and O–H groups in total. The van der Waals surface area contributed by atoms with Gasteiger partial charge in [-0.05, 0) is 11.1 Å². The molecule has 0 bridgehead atoms. The number of amides is 4. The summed E-state index contributed by atoms with van der Waals surface area (Å²) < 4.78 is 6.05. The van der Waals surface area contributed by atoms with Gasteiger partial charge in [0.1, 0.15) is 18.0 Å². The highest BCUT2D eigenvalue weighted by Crippen LogP contribution is 2.38. The molecule has 3 aliphatic rings. The number of hydrazine groups is 1. The molecule has 0 aromatic heterocycles. The second-order valence-corrected chi connectivity index (χ2v) is 11.4. The van der Waals surface area contributed by atoms with Crippen molar-refractivity contribution in [2.75, 3.05) is 26.2 Å². The van der Waals surface area contributed by atoms with E-state index in [1.807, 2.05) is 77.7 Å². The lowest BCUT2D eigenvalue weighted by Gasteiger charge is -2.46. The maximum Gasteiger partial charge on any atom is 0.332 e. The van der Waals surface area contributed by atoms with Gasteiger partial charge in [0.15, 0.2) is 0 Å². The predicted octanol–water partition coefficient (Wildman–Crippen LogP) is 3.92. The molecule has 4 amide bonds. The third-order valence-electron chi connectivity index (χ3n) is 8.47. The van der Waals surface area contributed by atoms with Crippen molar-refractivity contribution in [2.45, 2.75) is 44.6 Å². The Kier molecular flexibility index (Phi) is 8.16. The highest BCUT2D eigenvalue weighted by Gasteiger charge is 2.52. The van der Waals surface area contributed by atoms with Crippen molar-refractivity contribution < 1.29 is 19.1 Å². The van der Waals surface area contributed by atoms with Crippen LogP contribution in [0.25, 0.3) is 0 Å². The Morgan fingerprint density at radius 1 is 1.02 bits per heavy atom. The first-order valence-electron chi connectivity index (χ1n) is 14.8. The molecule has 3 aromatic carbocycles. The number of hydrogen-bond acceptors (Lipinski definition) is 5. The van der Waals surface area contributed by atoms with Gasteiger partial charge in [-0.1, -0.05) is 91.9 Å². The van der Waals surface area contributed by atoms with Crippen LogP contribution in [0.2, 0.25) is 0 Å². The first-order chi connectivity index (χ1) is 20.9. The molecule has 9 heteroatoms. The van der Waals surface area contributed by atoms with Crippen LogP contribution >= 0.6 is 0 Å². The second-order valence-electron chi connectivity index (χ2n) is 11.4. The van der Waals surface area contributed by atoms with Crippen LogP contribution in [-0.2, 0) is 29.1 Å². The van der Waals surface area contributed by atoms with Crippen LogP contribution in [0.15, 0.2) is 91.5 Å². The van der Waals surface area contributed by atoms with Gasteiger partial charge in [0.2, 0.25) is 11.8 Å². The number of ether oxygens (including phenoxy) is 1. The summed E-state index contributed by atoms with van der Waals surface area (Å²) in [6.07, 6.45) is 1.51. The fraction of sp³-hybridized carbons (Fsp3) is 0.324. The molecule has 0 aliphatic carbocycles. The van der Waals surface area contributed by atoms with Crippen LogP contribution in [-0.4, -0.2) is 76.1 Å². The van der Waals surface area contributed by atoms with Crippen molar-refractivity contribution in [2.24, 2.45) is 0 Å². The Morgan fingerprint density at radius 3 is 2.47 bits per heavy atom. The zero-order chi connectivity index (χ0) is 29.9. The average Bonchev–Trinajstić information content (AvgIpc) is 3.57. The highest BCUT2D eigenvalue weighted by molar-refractivity contribution is 5.92. The number of rotatable bonds is 9. The van der Waals surface area contributed by atoms with Gasteiger partial charge in [0.05, 0.1) is 26.2 Å². The second kappa shape index (κ2) is 12.3. The van der Waals surface area contributed by atoms with E-state index >= 15 is 0 Å². The van der Waals surface area contributed by atoms with E-state index in [9.17, 15) is 14.4 Å². The highest BCUT2D eigenvalue weighted by atomic mass is 16.5. The standard InChI is InChI=1S/C34H37N5O4/c1-3-17-37(34(42)35-19-26-13-8-5-9-14-26)38-22-31(40)39-29(18-25-11-6-4-7-12-25)33(41)36(21-30(38)39)20-27-15-10-16-28-24(2)23-43-32(27)28/h3-16,24,29-30H,1,17-23H2,2H3,(H,35,42)/t24?,29-,30+/m0/s1. The molecule has 3 aromatic rings. The first kappa shape index (κ1) is 28.5. The SMILES string of the molecule is C=CCN(C(=O)NCc1ccccc1)N1CC(=O)N2[C@@H](Cc3ccccc3)C(=O)N(Cc3cccc4c3OCC4C)C[C@@H]21. The summed E-state index contributed by atoms with van der Waals surface area (Å²) in [6, 6.07) is 24.5. The van der Waals surface area contributed by atoms with Crippen LogP contribution in [0.1, 0.15) is 35.1 Å². The maximum absolute atomic E-state index is 14.1. The number of piperazine rings is 1. The zero-order valence-corrected chi connectivity index (χ0v) is 24.4. The van der Waals surface area contributed by atoms with E-state index < -0.39 is 12.2 Å². The average molecular weight is 580 g/mol. The summed E-state index contributed by atoms with van der Waals surface area (Å²) in [5.74, 6) is 0.847. The van der Waals surface area contributed by atoms with Gasteiger partial charge in [-0.3, -0.25) is 14.6 Å². The first-order valence-corrected chi connectivity index (χ1v) is 14.8. The quantitative estimate of drug-likeness (QED) is 0.389. The van der Waals surface area contributed by atoms with Gasteiger partial charge in [0.25, 0.3) is 0 Å². The minimum absolute atomic E-state index is 0.00889. The van der Waals surface area contributed by atoms with Crippen LogP contribution in [0.5, 0.6) is 5.75 Å². The molecule has 1 unspecified atom stereocenters. The number of carbonyl (C=O) groups is 3. The van der Waals surface area contributed by atoms with Crippen LogP contribution in [0.4, 0.5) is 4.79 Å². The topological polar surface area (TPSA) is 85.4 Å². The van der Waals surface area contributed by atoms with Gasteiger partial charge in [0, 0.05) is 36.6 Å². The molecule has 2 saturated heterocycles. The summed E-state index contributed by atoms with van der Waals surface area (Å²) in [5, 5.41) is 6.31. The summed E-state index contributed by atoms with van der Waals surface area (Å²) in [7, 11) is 0. The summed E-state index contributed by atoms with van der Waals surface area (Å²) in [6.45, 7) is 7.78. The van der Waals surface area contributed by atoms with Gasteiger partial charge >= 0.3 is 6.03 Å². The summed E-state index contributed by atoms with van der Waals surface area (Å²) >= 11 is 0. The fourth-order valence-corrected chi connectivity index (χ4v) is 6.32. The smallest absolute Gasteiger partial charge is 0.332 e.